The van der Waals surface area contributed by atoms with E-state index < -0.39 is 0 Å². The van der Waals surface area contributed by atoms with Crippen LogP contribution in [0.1, 0.15) is 0 Å². The third kappa shape index (κ3) is 5.47. The van der Waals surface area contributed by atoms with E-state index in [1.807, 2.05) is 0 Å². The van der Waals surface area contributed by atoms with Gasteiger partial charge in [-0.15, -0.1) is 0 Å². The van der Waals surface area contributed by atoms with E-state index in [0.717, 1.165) is 17.1 Å². The van der Waals surface area contributed by atoms with Gasteiger partial charge in [0.25, 0.3) is 0 Å². The summed E-state index contributed by atoms with van der Waals surface area (Å²) in [6, 6.07) is 82.2. The number of anilines is 3. The monoisotopic (exact) mass is 723 g/mol. The molecule has 0 aliphatic carbocycles. The number of hydrogen-bond donors (Lipinski definition) is 0. The molecule has 11 aromatic carbocycles. The molecule has 0 saturated carbocycles. The van der Waals surface area contributed by atoms with Crippen molar-refractivity contribution in [2.24, 2.45) is 0 Å². The van der Waals surface area contributed by atoms with Gasteiger partial charge in [-0.05, 0) is 101 Å². The van der Waals surface area contributed by atoms with Crippen molar-refractivity contribution >= 4 is 70.9 Å². The second-order valence-electron chi connectivity index (χ2n) is 14.8. The van der Waals surface area contributed by atoms with Crippen LogP contribution in [0, 0.1) is 0 Å². The maximum absolute atomic E-state index is 2.52. The molecule has 0 bridgehead atoms. The average molecular weight is 724 g/mol. The highest BCUT2D eigenvalue weighted by Crippen LogP contribution is 2.50. The molecule has 11 aromatic rings. The van der Waals surface area contributed by atoms with Crippen LogP contribution in [0.15, 0.2) is 224 Å². The Balaban J connectivity index is 1.25. The predicted octanol–water partition coefficient (Wildman–Crippen LogP) is 15.9. The topological polar surface area (TPSA) is 3.24 Å². The third-order valence-electron chi connectivity index (χ3n) is 11.6. The normalized spacial score (nSPS) is 11.5. The maximum atomic E-state index is 2.52. The summed E-state index contributed by atoms with van der Waals surface area (Å²) in [5.74, 6) is 0. The minimum atomic E-state index is 1.12. The van der Waals surface area contributed by atoms with Crippen LogP contribution >= 0.6 is 0 Å². The van der Waals surface area contributed by atoms with Gasteiger partial charge in [0.1, 0.15) is 0 Å². The Morgan fingerprint density at radius 3 is 1.16 bits per heavy atom. The minimum absolute atomic E-state index is 1.12. The summed E-state index contributed by atoms with van der Waals surface area (Å²) in [5.41, 5.74) is 10.6. The third-order valence-corrected chi connectivity index (χ3v) is 11.6. The summed E-state index contributed by atoms with van der Waals surface area (Å²) in [6.07, 6.45) is 0. The van der Waals surface area contributed by atoms with Gasteiger partial charge in [0, 0.05) is 16.5 Å². The first-order chi connectivity index (χ1) is 28.3. The van der Waals surface area contributed by atoms with E-state index in [9.17, 15) is 0 Å². The Morgan fingerprint density at radius 1 is 0.211 bits per heavy atom. The maximum Gasteiger partial charge on any atom is 0.0540 e. The van der Waals surface area contributed by atoms with Crippen molar-refractivity contribution in [3.63, 3.8) is 0 Å². The second-order valence-corrected chi connectivity index (χ2v) is 14.8. The van der Waals surface area contributed by atoms with Gasteiger partial charge in [-0.1, -0.05) is 194 Å². The number of benzene rings is 11. The highest BCUT2D eigenvalue weighted by Gasteiger charge is 2.24. The fourth-order valence-corrected chi connectivity index (χ4v) is 9.09. The first-order valence-corrected chi connectivity index (χ1v) is 19.7. The molecular weight excluding hydrogens is 687 g/mol. The molecule has 57 heavy (non-hydrogen) atoms. The molecule has 0 atom stereocenters. The van der Waals surface area contributed by atoms with Crippen LogP contribution in [0.25, 0.3) is 87.2 Å². The van der Waals surface area contributed by atoms with Crippen molar-refractivity contribution < 1.29 is 0 Å². The molecule has 0 N–H and O–H groups in total. The van der Waals surface area contributed by atoms with E-state index in [-0.39, 0.29) is 0 Å². The lowest BCUT2D eigenvalue weighted by atomic mass is 9.90. The van der Waals surface area contributed by atoms with Crippen LogP contribution in [0.2, 0.25) is 0 Å². The Hall–Kier alpha value is -7.48. The summed E-state index contributed by atoms with van der Waals surface area (Å²) >= 11 is 0. The second kappa shape index (κ2) is 13.7. The molecule has 266 valence electrons. The Morgan fingerprint density at radius 2 is 0.579 bits per heavy atom. The van der Waals surface area contributed by atoms with Crippen molar-refractivity contribution in [1.82, 2.24) is 0 Å². The molecule has 1 heteroatoms. The standard InChI is InChI=1S/C56H37N/c1-2-18-38(19-3-1)41-30-16-32-49-46(41)31-17-35-56(49)57(54-33-14-12-28-50(54)52-36-39-20-4-6-22-42(39)44-24-8-10-26-47(44)52)55-34-15-13-29-51(55)53-37-40-21-5-7-23-43(40)45-25-9-11-27-48(45)53/h1-37H. The highest BCUT2D eigenvalue weighted by atomic mass is 15.1. The molecule has 0 unspecified atom stereocenters. The lowest BCUT2D eigenvalue weighted by Crippen LogP contribution is -2.13. The van der Waals surface area contributed by atoms with Crippen LogP contribution < -0.4 is 4.90 Å². The molecule has 0 aliphatic heterocycles. The highest BCUT2D eigenvalue weighted by molar-refractivity contribution is 6.18. The Labute approximate surface area is 332 Å². The fourth-order valence-electron chi connectivity index (χ4n) is 9.09. The molecule has 0 saturated heterocycles. The quantitative estimate of drug-likeness (QED) is 0.154. The van der Waals surface area contributed by atoms with Crippen molar-refractivity contribution in [3.8, 4) is 33.4 Å². The number of hydrogen-bond acceptors (Lipinski definition) is 1. The van der Waals surface area contributed by atoms with E-state index in [1.165, 1.54) is 87.2 Å². The van der Waals surface area contributed by atoms with Crippen LogP contribution in [0.3, 0.4) is 0 Å². The largest absolute Gasteiger partial charge is 0.309 e. The van der Waals surface area contributed by atoms with Crippen LogP contribution in [0.4, 0.5) is 17.1 Å². The average Bonchev–Trinajstić information content (AvgIpc) is 3.29. The van der Waals surface area contributed by atoms with Crippen LogP contribution in [-0.2, 0) is 0 Å². The molecule has 11 rings (SSSR count). The Kier molecular flexibility index (Phi) is 7.89. The molecule has 0 fully saturated rings. The van der Waals surface area contributed by atoms with Crippen LogP contribution in [-0.4, -0.2) is 0 Å². The van der Waals surface area contributed by atoms with Gasteiger partial charge in [-0.25, -0.2) is 0 Å². The van der Waals surface area contributed by atoms with Crippen molar-refractivity contribution in [3.05, 3.63) is 224 Å². The number of nitrogens with zero attached hydrogens (tertiary/aromatic N) is 1. The van der Waals surface area contributed by atoms with E-state index in [0.29, 0.717) is 0 Å². The van der Waals surface area contributed by atoms with Crippen LogP contribution in [0.5, 0.6) is 0 Å². The summed E-state index contributed by atoms with van der Waals surface area (Å²) < 4.78 is 0. The van der Waals surface area contributed by atoms with Gasteiger partial charge in [-0.2, -0.15) is 0 Å². The lowest BCUT2D eigenvalue weighted by molar-refractivity contribution is 1.30. The van der Waals surface area contributed by atoms with Crippen molar-refractivity contribution in [2.45, 2.75) is 0 Å². The van der Waals surface area contributed by atoms with Crippen molar-refractivity contribution in [1.29, 1.82) is 0 Å². The molecule has 0 radical (unpaired) electrons. The van der Waals surface area contributed by atoms with Gasteiger partial charge in [0.15, 0.2) is 0 Å². The van der Waals surface area contributed by atoms with E-state index in [2.05, 4.69) is 229 Å². The molecule has 1 nitrogen and oxygen atoms in total. The number of para-hydroxylation sites is 2. The first kappa shape index (κ1) is 32.9. The summed E-state index contributed by atoms with van der Waals surface area (Å²) in [6.45, 7) is 0. The minimum Gasteiger partial charge on any atom is -0.309 e. The number of rotatable bonds is 6. The summed E-state index contributed by atoms with van der Waals surface area (Å²) in [4.78, 5) is 2.52. The van der Waals surface area contributed by atoms with Gasteiger partial charge in [0.2, 0.25) is 0 Å². The molecule has 0 aliphatic rings. The van der Waals surface area contributed by atoms with E-state index >= 15 is 0 Å². The molecular formula is C56H37N. The van der Waals surface area contributed by atoms with Gasteiger partial charge >= 0.3 is 0 Å². The van der Waals surface area contributed by atoms with E-state index in [4.69, 9.17) is 0 Å². The zero-order valence-corrected chi connectivity index (χ0v) is 31.3. The zero-order chi connectivity index (χ0) is 37.7. The van der Waals surface area contributed by atoms with E-state index in [1.54, 1.807) is 0 Å². The molecule has 0 aromatic heterocycles. The molecule has 0 heterocycles. The molecule has 0 amide bonds. The zero-order valence-electron chi connectivity index (χ0n) is 31.3. The van der Waals surface area contributed by atoms with Gasteiger partial charge in [-0.3, -0.25) is 0 Å². The summed E-state index contributed by atoms with van der Waals surface area (Å²) in [7, 11) is 0. The summed E-state index contributed by atoms with van der Waals surface area (Å²) in [5, 5.41) is 12.4. The lowest BCUT2D eigenvalue weighted by Gasteiger charge is -2.31. The fraction of sp³-hybridized carbons (Fsp3) is 0. The smallest absolute Gasteiger partial charge is 0.0540 e. The first-order valence-electron chi connectivity index (χ1n) is 19.7. The predicted molar refractivity (Wildman–Crippen MR) is 245 cm³/mol. The SMILES string of the molecule is c1ccc(-c2cccc3c(N(c4ccccc4-c4cc5ccccc5c5ccccc45)c4ccccc4-c4cc5ccccc5c5ccccc45)cccc23)cc1. The number of fused-ring (bicyclic) bond motifs is 7. The Bertz CT molecular complexity index is 3140. The van der Waals surface area contributed by atoms with Gasteiger partial charge in [0.05, 0.1) is 17.1 Å². The van der Waals surface area contributed by atoms with Gasteiger partial charge < -0.3 is 4.90 Å². The molecule has 0 spiro atoms. The van der Waals surface area contributed by atoms with Crippen molar-refractivity contribution in [2.75, 3.05) is 4.90 Å².